The average Bonchev–Trinajstić information content (AvgIpc) is 3.24. The molecule has 7 rings (SSSR count). The molecule has 5 heterocycles. The number of amides is 2. The topological polar surface area (TPSA) is 140 Å². The Labute approximate surface area is 335 Å². The Hall–Kier alpha value is -5.86. The highest BCUT2D eigenvalue weighted by molar-refractivity contribution is 5.94. The second-order valence-corrected chi connectivity index (χ2v) is 14.5. The van der Waals surface area contributed by atoms with Gasteiger partial charge in [0.15, 0.2) is 0 Å². The predicted octanol–water partition coefficient (Wildman–Crippen LogP) is 5.67. The maximum absolute atomic E-state index is 13.1. The highest BCUT2D eigenvalue weighted by atomic mass is 16.5. The quantitative estimate of drug-likeness (QED) is 0.153. The third kappa shape index (κ3) is 12.1. The summed E-state index contributed by atoms with van der Waals surface area (Å²) in [5, 5.41) is 8.63. The van der Waals surface area contributed by atoms with Crippen molar-refractivity contribution >= 4 is 47.3 Å². The molecular weight excluding hydrogens is 721 g/mol. The standard InChI is InChI=1S/C23H29N5O2.C20H25N5O2/c1-18-6-5-7-19(14-18)17-24-26-22-16-20(27-10-12-30-13-11-27)15-21(25-22)23(29)28-8-3-2-4-9-28;1-15-5-4-6-16(11-15)14-21-23-19-13-17(25-7-9-27-10-8-25)12-18(22-19)20(26)24(2)3/h5-7,14-17H,2-4,8-13H2,1H3,(H,25,26);4-6,11-14H,7-10H2,1-3H3,(H,22,23). The van der Waals surface area contributed by atoms with Crippen LogP contribution in [0.3, 0.4) is 0 Å². The van der Waals surface area contributed by atoms with E-state index in [1.807, 2.05) is 72.5 Å². The number of hydrogen-bond acceptors (Lipinski definition) is 12. The number of aryl methyl sites for hydroxylation is 2. The Morgan fingerprint density at radius 3 is 1.60 bits per heavy atom. The maximum Gasteiger partial charge on any atom is 0.272 e. The van der Waals surface area contributed by atoms with E-state index in [4.69, 9.17) is 9.47 Å². The number of nitrogens with one attached hydrogen (secondary N) is 2. The summed E-state index contributed by atoms with van der Waals surface area (Å²) in [7, 11) is 3.43. The molecule has 2 N–H and O–H groups in total. The Morgan fingerprint density at radius 2 is 1.12 bits per heavy atom. The predicted molar refractivity (Wildman–Crippen MR) is 227 cm³/mol. The SMILES string of the molecule is Cc1cccc(C=NNc2cc(N3CCOCC3)cc(C(=O)N(C)C)n2)c1.Cc1cccc(C=NNc2cc(N3CCOCC3)cc(C(=O)N3CCCCC3)n2)c1. The van der Waals surface area contributed by atoms with Gasteiger partial charge in [-0.05, 0) is 56.4 Å². The van der Waals surface area contributed by atoms with Crippen molar-refractivity contribution in [1.29, 1.82) is 0 Å². The van der Waals surface area contributed by atoms with Gasteiger partial charge in [-0.15, -0.1) is 0 Å². The number of carbonyl (C=O) groups is 2. The van der Waals surface area contributed by atoms with Crippen molar-refractivity contribution in [2.45, 2.75) is 33.1 Å². The summed E-state index contributed by atoms with van der Waals surface area (Å²) in [4.78, 5) is 42.3. The molecule has 0 atom stereocenters. The number of aromatic nitrogens is 2. The molecule has 2 aromatic carbocycles. The molecule has 0 bridgehead atoms. The van der Waals surface area contributed by atoms with E-state index in [1.165, 1.54) is 22.4 Å². The Kier molecular flexibility index (Phi) is 14.6. The number of morpholine rings is 2. The first-order chi connectivity index (χ1) is 27.7. The van der Waals surface area contributed by atoms with E-state index in [1.54, 1.807) is 26.5 Å². The molecule has 0 aliphatic carbocycles. The zero-order valence-corrected chi connectivity index (χ0v) is 33.5. The fourth-order valence-corrected chi connectivity index (χ4v) is 6.71. The van der Waals surface area contributed by atoms with Crippen molar-refractivity contribution in [3.8, 4) is 0 Å². The molecule has 14 nitrogen and oxygen atoms in total. The molecule has 2 amide bonds. The van der Waals surface area contributed by atoms with Crippen molar-refractivity contribution in [3.63, 3.8) is 0 Å². The number of nitrogens with zero attached hydrogens (tertiary/aromatic N) is 8. The number of benzene rings is 2. The van der Waals surface area contributed by atoms with Crippen molar-refractivity contribution in [2.75, 3.05) is 100 Å². The maximum atomic E-state index is 13.1. The van der Waals surface area contributed by atoms with Gasteiger partial charge in [-0.25, -0.2) is 9.97 Å². The fourth-order valence-electron chi connectivity index (χ4n) is 6.71. The van der Waals surface area contributed by atoms with Gasteiger partial charge in [-0.1, -0.05) is 59.7 Å². The van der Waals surface area contributed by atoms with Gasteiger partial charge < -0.3 is 29.1 Å². The Bertz CT molecular complexity index is 2020. The van der Waals surface area contributed by atoms with Gasteiger partial charge in [-0.3, -0.25) is 20.4 Å². The van der Waals surface area contributed by atoms with Crippen LogP contribution in [0.4, 0.5) is 23.0 Å². The van der Waals surface area contributed by atoms with Crippen molar-refractivity contribution < 1.29 is 19.1 Å². The summed E-state index contributed by atoms with van der Waals surface area (Å²) in [6.45, 7) is 11.6. The third-order valence-electron chi connectivity index (χ3n) is 9.73. The number of hydrazone groups is 2. The van der Waals surface area contributed by atoms with Gasteiger partial charge in [0.1, 0.15) is 23.0 Å². The molecule has 14 heteroatoms. The summed E-state index contributed by atoms with van der Waals surface area (Å²) in [6, 6.07) is 23.8. The lowest BCUT2D eigenvalue weighted by molar-refractivity contribution is 0.0718. The third-order valence-corrected chi connectivity index (χ3v) is 9.73. The monoisotopic (exact) mass is 774 g/mol. The van der Waals surface area contributed by atoms with Gasteiger partial charge >= 0.3 is 0 Å². The largest absolute Gasteiger partial charge is 0.378 e. The minimum atomic E-state index is -0.143. The van der Waals surface area contributed by atoms with E-state index in [2.05, 4.69) is 59.9 Å². The first-order valence-corrected chi connectivity index (χ1v) is 19.6. The summed E-state index contributed by atoms with van der Waals surface area (Å²) in [6.07, 6.45) is 6.80. The lowest BCUT2D eigenvalue weighted by Crippen LogP contribution is -2.38. The summed E-state index contributed by atoms with van der Waals surface area (Å²) in [5.74, 6) is 0.961. The molecule has 0 saturated carbocycles. The summed E-state index contributed by atoms with van der Waals surface area (Å²) >= 11 is 0. The zero-order valence-electron chi connectivity index (χ0n) is 33.5. The average molecular weight is 775 g/mol. The number of piperidine rings is 1. The molecule has 3 saturated heterocycles. The normalized spacial score (nSPS) is 16.0. The first-order valence-electron chi connectivity index (χ1n) is 19.6. The molecule has 0 unspecified atom stereocenters. The molecule has 4 aromatic rings. The van der Waals surface area contributed by atoms with Crippen LogP contribution >= 0.6 is 0 Å². The van der Waals surface area contributed by atoms with Crippen LogP contribution in [0, 0.1) is 13.8 Å². The second-order valence-electron chi connectivity index (χ2n) is 14.5. The molecule has 0 radical (unpaired) electrons. The van der Waals surface area contributed by atoms with Crippen LogP contribution in [0.15, 0.2) is 83.0 Å². The number of likely N-dealkylation sites (tertiary alicyclic amines) is 1. The van der Waals surface area contributed by atoms with Crippen molar-refractivity contribution in [1.82, 2.24) is 19.8 Å². The highest BCUT2D eigenvalue weighted by Crippen LogP contribution is 2.24. The molecule has 3 aliphatic rings. The van der Waals surface area contributed by atoms with Gasteiger partial charge in [0.25, 0.3) is 11.8 Å². The minimum Gasteiger partial charge on any atom is -0.378 e. The zero-order chi connectivity index (χ0) is 40.0. The second kappa shape index (κ2) is 20.3. The molecule has 2 aromatic heterocycles. The minimum absolute atomic E-state index is 0.00415. The van der Waals surface area contributed by atoms with E-state index in [9.17, 15) is 9.59 Å². The molecule has 3 aliphatic heterocycles. The number of carbonyl (C=O) groups excluding carboxylic acids is 2. The van der Waals surface area contributed by atoms with Crippen LogP contribution in [0.1, 0.15) is 62.5 Å². The van der Waals surface area contributed by atoms with Crippen molar-refractivity contribution in [2.24, 2.45) is 10.2 Å². The summed E-state index contributed by atoms with van der Waals surface area (Å²) in [5.41, 5.74) is 13.1. The number of anilines is 4. The van der Waals surface area contributed by atoms with Gasteiger partial charge in [0.2, 0.25) is 0 Å². The van der Waals surface area contributed by atoms with Crippen LogP contribution < -0.4 is 20.7 Å². The van der Waals surface area contributed by atoms with E-state index in [0.717, 1.165) is 74.6 Å². The van der Waals surface area contributed by atoms with E-state index in [0.29, 0.717) is 49.5 Å². The van der Waals surface area contributed by atoms with Gasteiger partial charge in [0, 0.05) is 76.9 Å². The number of rotatable bonds is 10. The number of ether oxygens (including phenoxy) is 2. The number of hydrogen-bond donors (Lipinski definition) is 2. The molecule has 0 spiro atoms. The highest BCUT2D eigenvalue weighted by Gasteiger charge is 2.22. The first kappa shape index (κ1) is 40.8. The van der Waals surface area contributed by atoms with Crippen LogP contribution in [0.5, 0.6) is 0 Å². The lowest BCUT2D eigenvalue weighted by atomic mass is 10.1. The molecule has 57 heavy (non-hydrogen) atoms. The molecule has 3 fully saturated rings. The summed E-state index contributed by atoms with van der Waals surface area (Å²) < 4.78 is 10.9. The van der Waals surface area contributed by atoms with Crippen molar-refractivity contribution in [3.05, 3.63) is 106 Å². The lowest BCUT2D eigenvalue weighted by Gasteiger charge is -2.30. The van der Waals surface area contributed by atoms with Crippen LogP contribution in [-0.4, -0.2) is 124 Å². The molecule has 300 valence electrons. The smallest absolute Gasteiger partial charge is 0.272 e. The van der Waals surface area contributed by atoms with E-state index in [-0.39, 0.29) is 11.8 Å². The van der Waals surface area contributed by atoms with Gasteiger partial charge in [0.05, 0.1) is 38.9 Å². The number of pyridine rings is 2. The Morgan fingerprint density at radius 1 is 0.649 bits per heavy atom. The fraction of sp³-hybridized carbons (Fsp3) is 0.395. The van der Waals surface area contributed by atoms with Crippen LogP contribution in [0.2, 0.25) is 0 Å². The van der Waals surface area contributed by atoms with Crippen LogP contribution in [-0.2, 0) is 9.47 Å². The van der Waals surface area contributed by atoms with Gasteiger partial charge in [-0.2, -0.15) is 10.2 Å². The van der Waals surface area contributed by atoms with E-state index < -0.39 is 0 Å². The van der Waals surface area contributed by atoms with E-state index >= 15 is 0 Å². The Balaban J connectivity index is 0.000000194. The molecular formula is C43H54N10O4. The van der Waals surface area contributed by atoms with Crippen LogP contribution in [0.25, 0.3) is 0 Å².